The Bertz CT molecular complexity index is 985. The summed E-state index contributed by atoms with van der Waals surface area (Å²) in [4.78, 5) is 28.6. The molecule has 0 radical (unpaired) electrons. The summed E-state index contributed by atoms with van der Waals surface area (Å²) in [5.74, 6) is -0.486. The van der Waals surface area contributed by atoms with Crippen LogP contribution in [0.1, 0.15) is 34.8 Å². The van der Waals surface area contributed by atoms with Gasteiger partial charge in [-0.15, -0.1) is 0 Å². The van der Waals surface area contributed by atoms with Gasteiger partial charge >= 0.3 is 5.97 Å². The Morgan fingerprint density at radius 3 is 2.64 bits per heavy atom. The first-order valence-electron chi connectivity index (χ1n) is 8.69. The summed E-state index contributed by atoms with van der Waals surface area (Å²) in [7, 11) is 0. The van der Waals surface area contributed by atoms with Crippen LogP contribution >= 0.6 is 11.6 Å². The van der Waals surface area contributed by atoms with Gasteiger partial charge in [0.1, 0.15) is 5.76 Å². The summed E-state index contributed by atoms with van der Waals surface area (Å²) in [6.45, 7) is 3.02. The maximum atomic E-state index is 12.3. The maximum Gasteiger partial charge on any atom is 0.361 e. The van der Waals surface area contributed by atoms with Crippen LogP contribution in [0.5, 0.6) is 0 Å². The molecule has 1 amide bonds. The average Bonchev–Trinajstić information content (AvgIpc) is 3.08. The molecule has 1 atom stereocenters. The first-order chi connectivity index (χ1) is 13.4. The number of hydrogen-bond acceptors (Lipinski definition) is 5. The zero-order chi connectivity index (χ0) is 20.1. The minimum absolute atomic E-state index is 0.0505. The van der Waals surface area contributed by atoms with E-state index in [1.165, 1.54) is 0 Å². The molecular weight excluding hydrogens is 380 g/mol. The van der Waals surface area contributed by atoms with Crippen LogP contribution in [0.25, 0.3) is 11.5 Å². The number of rotatable bonds is 6. The van der Waals surface area contributed by atoms with Gasteiger partial charge in [-0.1, -0.05) is 41.9 Å². The largest absolute Gasteiger partial charge is 0.451 e. The van der Waals surface area contributed by atoms with Crippen LogP contribution in [0.15, 0.2) is 59.0 Å². The zero-order valence-electron chi connectivity index (χ0n) is 15.4. The van der Waals surface area contributed by atoms with Gasteiger partial charge in [-0.05, 0) is 43.7 Å². The van der Waals surface area contributed by atoms with Crippen LogP contribution in [0.2, 0.25) is 5.02 Å². The molecule has 0 bridgehead atoms. The molecule has 1 N–H and O–H groups in total. The number of halogens is 1. The van der Waals surface area contributed by atoms with E-state index < -0.39 is 18.5 Å². The Labute approximate surface area is 167 Å². The minimum atomic E-state index is -0.714. The summed E-state index contributed by atoms with van der Waals surface area (Å²) in [5.41, 5.74) is 1.65. The van der Waals surface area contributed by atoms with E-state index in [1.54, 1.807) is 25.1 Å². The van der Waals surface area contributed by atoms with Gasteiger partial charge in [-0.25, -0.2) is 9.78 Å². The SMILES string of the molecule is Cc1oc(-c2ccccc2)nc1C(=O)OCC(=O)N[C@H](C)c1cccc(Cl)c1. The van der Waals surface area contributed by atoms with Gasteiger partial charge in [0.15, 0.2) is 12.3 Å². The molecule has 0 fully saturated rings. The lowest BCUT2D eigenvalue weighted by molar-refractivity contribution is -0.124. The van der Waals surface area contributed by atoms with E-state index in [0.29, 0.717) is 16.7 Å². The Morgan fingerprint density at radius 1 is 1.18 bits per heavy atom. The van der Waals surface area contributed by atoms with Crippen molar-refractivity contribution < 1.29 is 18.7 Å². The van der Waals surface area contributed by atoms with Crippen molar-refractivity contribution in [1.29, 1.82) is 0 Å². The molecule has 0 unspecified atom stereocenters. The predicted molar refractivity (Wildman–Crippen MR) is 105 cm³/mol. The molecule has 3 rings (SSSR count). The molecule has 144 valence electrons. The van der Waals surface area contributed by atoms with Crippen molar-refractivity contribution in [3.05, 3.63) is 76.6 Å². The lowest BCUT2D eigenvalue weighted by Gasteiger charge is -2.14. The van der Waals surface area contributed by atoms with Crippen molar-refractivity contribution in [1.82, 2.24) is 10.3 Å². The molecule has 0 aliphatic heterocycles. The van der Waals surface area contributed by atoms with E-state index >= 15 is 0 Å². The van der Waals surface area contributed by atoms with Crippen molar-refractivity contribution in [2.45, 2.75) is 19.9 Å². The molecule has 1 aromatic heterocycles. The second kappa shape index (κ2) is 8.71. The topological polar surface area (TPSA) is 81.4 Å². The van der Waals surface area contributed by atoms with Gasteiger partial charge < -0.3 is 14.5 Å². The van der Waals surface area contributed by atoms with Crippen molar-refractivity contribution >= 4 is 23.5 Å². The average molecular weight is 399 g/mol. The highest BCUT2D eigenvalue weighted by molar-refractivity contribution is 6.30. The minimum Gasteiger partial charge on any atom is -0.451 e. The van der Waals surface area contributed by atoms with E-state index in [-0.39, 0.29) is 11.7 Å². The van der Waals surface area contributed by atoms with Crippen LogP contribution in [-0.4, -0.2) is 23.5 Å². The number of hydrogen-bond donors (Lipinski definition) is 1. The fraction of sp³-hybridized carbons (Fsp3) is 0.190. The maximum absolute atomic E-state index is 12.3. The number of benzene rings is 2. The fourth-order valence-electron chi connectivity index (χ4n) is 2.63. The lowest BCUT2D eigenvalue weighted by atomic mass is 10.1. The number of carbonyl (C=O) groups excluding carboxylic acids is 2. The molecule has 1 heterocycles. The van der Waals surface area contributed by atoms with Crippen molar-refractivity contribution in [3.63, 3.8) is 0 Å². The molecule has 0 aliphatic carbocycles. The summed E-state index contributed by atoms with van der Waals surface area (Å²) in [5, 5.41) is 3.34. The van der Waals surface area contributed by atoms with Crippen molar-refractivity contribution in [3.8, 4) is 11.5 Å². The highest BCUT2D eigenvalue weighted by Crippen LogP contribution is 2.22. The standard InChI is InChI=1S/C21H19ClN2O4/c1-13(16-9-6-10-17(22)11-16)23-18(25)12-27-21(26)19-14(2)28-20(24-19)15-7-4-3-5-8-15/h3-11,13H,12H2,1-2H3,(H,23,25)/t13-/m1/s1. The van der Waals surface area contributed by atoms with Crippen LogP contribution in [0.3, 0.4) is 0 Å². The molecule has 3 aromatic rings. The van der Waals surface area contributed by atoms with Crippen LogP contribution in [-0.2, 0) is 9.53 Å². The van der Waals surface area contributed by atoms with Gasteiger partial charge in [0.2, 0.25) is 5.89 Å². The Kier molecular flexibility index (Phi) is 6.11. The number of aryl methyl sites for hydroxylation is 1. The summed E-state index contributed by atoms with van der Waals surface area (Å²) in [6, 6.07) is 16.1. The van der Waals surface area contributed by atoms with Gasteiger partial charge in [-0.3, -0.25) is 4.79 Å². The molecule has 7 heteroatoms. The van der Waals surface area contributed by atoms with Crippen LogP contribution in [0, 0.1) is 6.92 Å². The second-order valence-electron chi connectivity index (χ2n) is 6.21. The highest BCUT2D eigenvalue weighted by Gasteiger charge is 2.21. The molecule has 2 aromatic carbocycles. The third-order valence-electron chi connectivity index (χ3n) is 4.07. The number of oxazole rings is 1. The smallest absolute Gasteiger partial charge is 0.361 e. The van der Waals surface area contributed by atoms with Crippen molar-refractivity contribution in [2.24, 2.45) is 0 Å². The lowest BCUT2D eigenvalue weighted by Crippen LogP contribution is -2.31. The number of amides is 1. The molecule has 0 saturated carbocycles. The van der Waals surface area contributed by atoms with Gasteiger partial charge in [0.05, 0.1) is 6.04 Å². The first-order valence-corrected chi connectivity index (χ1v) is 9.06. The molecule has 28 heavy (non-hydrogen) atoms. The summed E-state index contributed by atoms with van der Waals surface area (Å²) in [6.07, 6.45) is 0. The number of nitrogens with zero attached hydrogens (tertiary/aromatic N) is 1. The normalized spacial score (nSPS) is 11.7. The van der Waals surface area contributed by atoms with Crippen LogP contribution < -0.4 is 5.32 Å². The Morgan fingerprint density at radius 2 is 1.93 bits per heavy atom. The molecule has 6 nitrogen and oxygen atoms in total. The van der Waals surface area contributed by atoms with Gasteiger partial charge in [0.25, 0.3) is 5.91 Å². The summed E-state index contributed by atoms with van der Waals surface area (Å²) >= 11 is 5.96. The third-order valence-corrected chi connectivity index (χ3v) is 4.31. The van der Waals surface area contributed by atoms with Gasteiger partial charge in [0, 0.05) is 10.6 Å². The van der Waals surface area contributed by atoms with E-state index in [9.17, 15) is 9.59 Å². The second-order valence-corrected chi connectivity index (χ2v) is 6.65. The number of ether oxygens (including phenoxy) is 1. The monoisotopic (exact) mass is 398 g/mol. The van der Waals surface area contributed by atoms with E-state index in [4.69, 9.17) is 20.8 Å². The predicted octanol–water partition coefficient (Wildman–Crippen LogP) is 4.34. The molecular formula is C21H19ClN2O4. The first kappa shape index (κ1) is 19.6. The Hall–Kier alpha value is -3.12. The molecule has 0 aliphatic rings. The van der Waals surface area contributed by atoms with E-state index in [0.717, 1.165) is 11.1 Å². The van der Waals surface area contributed by atoms with Gasteiger partial charge in [-0.2, -0.15) is 0 Å². The highest BCUT2D eigenvalue weighted by atomic mass is 35.5. The number of esters is 1. The molecule has 0 spiro atoms. The fourth-order valence-corrected chi connectivity index (χ4v) is 2.83. The number of aromatic nitrogens is 1. The summed E-state index contributed by atoms with van der Waals surface area (Å²) < 4.78 is 10.6. The number of carbonyl (C=O) groups is 2. The van der Waals surface area contributed by atoms with E-state index in [1.807, 2.05) is 43.3 Å². The van der Waals surface area contributed by atoms with E-state index in [2.05, 4.69) is 10.3 Å². The quantitative estimate of drug-likeness (QED) is 0.625. The van der Waals surface area contributed by atoms with Crippen molar-refractivity contribution in [2.75, 3.05) is 6.61 Å². The molecule has 0 saturated heterocycles. The third kappa shape index (κ3) is 4.78. The van der Waals surface area contributed by atoms with Crippen LogP contribution in [0.4, 0.5) is 0 Å². The Balaban J connectivity index is 1.58. The number of nitrogens with one attached hydrogen (secondary N) is 1. The zero-order valence-corrected chi connectivity index (χ0v) is 16.2.